The molecule has 0 bridgehead atoms. The minimum Gasteiger partial charge on any atom is -0.355 e. The molecule has 0 N–H and O–H groups in total. The summed E-state index contributed by atoms with van der Waals surface area (Å²) in [5.74, 6) is 1.17. The van der Waals surface area contributed by atoms with Crippen LogP contribution in [-0.4, -0.2) is 40.4 Å². The van der Waals surface area contributed by atoms with Crippen LogP contribution in [0.3, 0.4) is 0 Å². The first-order valence-corrected chi connectivity index (χ1v) is 9.10. The summed E-state index contributed by atoms with van der Waals surface area (Å²) in [6.07, 6.45) is 6.84. The normalized spacial score (nSPS) is 15.2. The molecule has 1 aromatic heterocycles. The van der Waals surface area contributed by atoms with Crippen LogP contribution in [0.15, 0.2) is 42.9 Å². The van der Waals surface area contributed by atoms with Crippen molar-refractivity contribution < 1.29 is 4.79 Å². The molecular formula is C19H23ClN4O. The lowest BCUT2D eigenvalue weighted by molar-refractivity contribution is -0.136. The molecule has 0 atom stereocenters. The van der Waals surface area contributed by atoms with E-state index >= 15 is 0 Å². The van der Waals surface area contributed by atoms with Crippen molar-refractivity contribution in [1.29, 1.82) is 0 Å². The molecule has 1 amide bonds. The van der Waals surface area contributed by atoms with Crippen molar-refractivity contribution in [3.63, 3.8) is 0 Å². The topological polar surface area (TPSA) is 49.3 Å². The zero-order valence-corrected chi connectivity index (χ0v) is 15.2. The number of anilines is 1. The van der Waals surface area contributed by atoms with E-state index < -0.39 is 0 Å². The van der Waals surface area contributed by atoms with Gasteiger partial charge in [-0.25, -0.2) is 4.98 Å². The molecule has 0 radical (unpaired) electrons. The van der Waals surface area contributed by atoms with Gasteiger partial charge in [-0.05, 0) is 31.4 Å². The monoisotopic (exact) mass is 358 g/mol. The summed E-state index contributed by atoms with van der Waals surface area (Å²) in [6.45, 7) is 4.94. The molecule has 1 aliphatic heterocycles. The fourth-order valence-corrected chi connectivity index (χ4v) is 3.44. The Bertz CT molecular complexity index is 702. The number of rotatable bonds is 5. The van der Waals surface area contributed by atoms with Crippen molar-refractivity contribution in [3.05, 3.63) is 53.4 Å². The molecule has 5 nitrogen and oxygen atoms in total. The summed E-state index contributed by atoms with van der Waals surface area (Å²) in [6, 6.07) is 7.72. The van der Waals surface area contributed by atoms with Gasteiger partial charge in [0.15, 0.2) is 0 Å². The third-order valence-corrected chi connectivity index (χ3v) is 5.10. The third-order valence-electron chi connectivity index (χ3n) is 4.73. The van der Waals surface area contributed by atoms with Crippen molar-refractivity contribution in [2.75, 3.05) is 24.5 Å². The first-order valence-electron chi connectivity index (χ1n) is 8.72. The van der Waals surface area contributed by atoms with Gasteiger partial charge < -0.3 is 9.80 Å². The fourth-order valence-electron chi connectivity index (χ4n) is 3.25. The Morgan fingerprint density at radius 2 is 2.04 bits per heavy atom. The molecule has 132 valence electrons. The Morgan fingerprint density at radius 1 is 1.28 bits per heavy atom. The molecule has 1 aliphatic rings. The van der Waals surface area contributed by atoms with Gasteiger partial charge in [0.2, 0.25) is 5.91 Å². The Morgan fingerprint density at radius 3 is 2.68 bits per heavy atom. The molecule has 1 aromatic carbocycles. The van der Waals surface area contributed by atoms with E-state index in [0.717, 1.165) is 37.3 Å². The van der Waals surface area contributed by atoms with Crippen molar-refractivity contribution in [2.45, 2.75) is 26.3 Å². The molecule has 3 rings (SSSR count). The second-order valence-electron chi connectivity index (χ2n) is 6.27. The maximum absolute atomic E-state index is 12.9. The second kappa shape index (κ2) is 8.30. The molecule has 1 fully saturated rings. The van der Waals surface area contributed by atoms with Gasteiger partial charge >= 0.3 is 0 Å². The maximum atomic E-state index is 12.9. The molecular weight excluding hydrogens is 336 g/mol. The van der Waals surface area contributed by atoms with Crippen LogP contribution in [0.1, 0.15) is 25.3 Å². The van der Waals surface area contributed by atoms with Crippen LogP contribution in [0, 0.1) is 5.92 Å². The van der Waals surface area contributed by atoms with E-state index in [0.29, 0.717) is 18.1 Å². The van der Waals surface area contributed by atoms with Gasteiger partial charge in [-0.1, -0.05) is 29.8 Å². The molecule has 25 heavy (non-hydrogen) atoms. The van der Waals surface area contributed by atoms with Crippen molar-refractivity contribution in [3.8, 4) is 0 Å². The van der Waals surface area contributed by atoms with Crippen molar-refractivity contribution >= 4 is 23.3 Å². The maximum Gasteiger partial charge on any atom is 0.226 e. The zero-order valence-electron chi connectivity index (χ0n) is 14.4. The number of carbonyl (C=O) groups is 1. The Hall–Kier alpha value is -2.14. The molecule has 2 aromatic rings. The number of carbonyl (C=O) groups excluding carboxylic acids is 1. The van der Waals surface area contributed by atoms with Gasteiger partial charge in [0.25, 0.3) is 0 Å². The molecule has 0 unspecified atom stereocenters. The highest BCUT2D eigenvalue weighted by atomic mass is 35.5. The van der Waals surface area contributed by atoms with Gasteiger partial charge in [0.05, 0.1) is 6.20 Å². The van der Waals surface area contributed by atoms with Gasteiger partial charge in [-0.15, -0.1) is 0 Å². The standard InChI is InChI=1S/C19H23ClN4O/c1-2-23(14-16-5-3-4-6-17(16)20)19(25)15-7-11-24(12-8-15)18-13-21-9-10-22-18/h3-6,9-10,13,15H,2,7-8,11-12,14H2,1H3. The summed E-state index contributed by atoms with van der Waals surface area (Å²) in [7, 11) is 0. The number of hydrogen-bond acceptors (Lipinski definition) is 4. The van der Waals surface area contributed by atoms with E-state index in [1.165, 1.54) is 0 Å². The van der Waals surface area contributed by atoms with Gasteiger partial charge in [-0.3, -0.25) is 9.78 Å². The Balaban J connectivity index is 1.60. The summed E-state index contributed by atoms with van der Waals surface area (Å²) < 4.78 is 0. The number of aromatic nitrogens is 2. The minimum absolute atomic E-state index is 0.0651. The summed E-state index contributed by atoms with van der Waals surface area (Å²) in [5.41, 5.74) is 0.997. The molecule has 0 saturated carbocycles. The van der Waals surface area contributed by atoms with E-state index in [2.05, 4.69) is 14.9 Å². The van der Waals surface area contributed by atoms with Crippen LogP contribution in [0.25, 0.3) is 0 Å². The predicted molar refractivity (Wildman–Crippen MR) is 99.5 cm³/mol. The Labute approximate surface area is 153 Å². The van der Waals surface area contributed by atoms with Crippen molar-refractivity contribution in [1.82, 2.24) is 14.9 Å². The average molecular weight is 359 g/mol. The van der Waals surface area contributed by atoms with Crippen LogP contribution < -0.4 is 4.90 Å². The lowest BCUT2D eigenvalue weighted by atomic mass is 9.95. The lowest BCUT2D eigenvalue weighted by Crippen LogP contribution is -2.42. The molecule has 1 saturated heterocycles. The fraction of sp³-hybridized carbons (Fsp3) is 0.421. The first-order chi connectivity index (χ1) is 12.2. The van der Waals surface area contributed by atoms with E-state index in [4.69, 9.17) is 11.6 Å². The minimum atomic E-state index is 0.0651. The molecule has 2 heterocycles. The van der Waals surface area contributed by atoms with Crippen LogP contribution in [-0.2, 0) is 11.3 Å². The molecule has 0 aliphatic carbocycles. The van der Waals surface area contributed by atoms with Crippen LogP contribution in [0.5, 0.6) is 0 Å². The number of nitrogens with zero attached hydrogens (tertiary/aromatic N) is 4. The Kier molecular flexibility index (Phi) is 5.87. The van der Waals surface area contributed by atoms with Gasteiger partial charge in [0, 0.05) is 49.5 Å². The van der Waals surface area contributed by atoms with Crippen LogP contribution in [0.2, 0.25) is 5.02 Å². The quantitative estimate of drug-likeness (QED) is 0.822. The van der Waals surface area contributed by atoms with E-state index in [1.807, 2.05) is 36.1 Å². The molecule has 0 spiro atoms. The zero-order chi connectivity index (χ0) is 17.6. The number of halogens is 1. The van der Waals surface area contributed by atoms with Crippen LogP contribution >= 0.6 is 11.6 Å². The van der Waals surface area contributed by atoms with Gasteiger partial charge in [0.1, 0.15) is 5.82 Å². The second-order valence-corrected chi connectivity index (χ2v) is 6.68. The summed E-state index contributed by atoms with van der Waals surface area (Å²) in [4.78, 5) is 25.5. The average Bonchev–Trinajstić information content (AvgIpc) is 2.68. The van der Waals surface area contributed by atoms with E-state index in [-0.39, 0.29) is 11.8 Å². The van der Waals surface area contributed by atoms with E-state index in [1.54, 1.807) is 18.6 Å². The van der Waals surface area contributed by atoms with Crippen LogP contribution in [0.4, 0.5) is 5.82 Å². The number of hydrogen-bond donors (Lipinski definition) is 0. The largest absolute Gasteiger partial charge is 0.355 e. The SMILES string of the molecule is CCN(Cc1ccccc1Cl)C(=O)C1CCN(c2cnccn2)CC1. The molecule has 6 heteroatoms. The number of benzene rings is 1. The van der Waals surface area contributed by atoms with E-state index in [9.17, 15) is 4.79 Å². The smallest absolute Gasteiger partial charge is 0.226 e. The lowest BCUT2D eigenvalue weighted by Gasteiger charge is -2.34. The summed E-state index contributed by atoms with van der Waals surface area (Å²) >= 11 is 6.25. The highest BCUT2D eigenvalue weighted by Crippen LogP contribution is 2.24. The third kappa shape index (κ3) is 4.28. The van der Waals surface area contributed by atoms with Gasteiger partial charge in [-0.2, -0.15) is 0 Å². The predicted octanol–water partition coefficient (Wildman–Crippen LogP) is 3.40. The first kappa shape index (κ1) is 17.7. The highest BCUT2D eigenvalue weighted by molar-refractivity contribution is 6.31. The highest BCUT2D eigenvalue weighted by Gasteiger charge is 2.28. The summed E-state index contributed by atoms with van der Waals surface area (Å²) in [5, 5.41) is 0.714. The number of piperidine rings is 1. The number of amides is 1. The van der Waals surface area contributed by atoms with Crippen molar-refractivity contribution in [2.24, 2.45) is 5.92 Å².